The first-order chi connectivity index (χ1) is 15.0. The van der Waals surface area contributed by atoms with Gasteiger partial charge in [-0.1, -0.05) is 11.6 Å². The number of amides is 1. The van der Waals surface area contributed by atoms with Crippen LogP contribution in [0.15, 0.2) is 48.5 Å². The van der Waals surface area contributed by atoms with E-state index in [0.717, 1.165) is 28.2 Å². The molecule has 0 aliphatic heterocycles. The molecule has 1 heterocycles. The van der Waals surface area contributed by atoms with E-state index < -0.39 is 0 Å². The van der Waals surface area contributed by atoms with Crippen molar-refractivity contribution in [1.29, 1.82) is 5.26 Å². The van der Waals surface area contributed by atoms with Gasteiger partial charge in [0, 0.05) is 22.0 Å². The lowest BCUT2D eigenvalue weighted by atomic mass is 10.1. The Labute approximate surface area is 186 Å². The molecule has 2 aromatic carbocycles. The van der Waals surface area contributed by atoms with Gasteiger partial charge >= 0.3 is 5.97 Å². The van der Waals surface area contributed by atoms with Gasteiger partial charge < -0.3 is 14.6 Å². The number of aromatic nitrogens is 1. The molecular weight excluding hydrogens is 414 g/mol. The van der Waals surface area contributed by atoms with Crippen LogP contribution in [0, 0.1) is 18.3 Å². The Bertz CT molecular complexity index is 1160. The smallest absolute Gasteiger partial charge is 0.306 e. The molecule has 6 nitrogen and oxygen atoms in total. The molecule has 1 N–H and O–H groups in total. The Balaban J connectivity index is 2.16. The zero-order valence-corrected chi connectivity index (χ0v) is 18.1. The number of benzene rings is 2. The molecule has 0 atom stereocenters. The highest BCUT2D eigenvalue weighted by molar-refractivity contribution is 6.31. The SMILES string of the molecule is CCOC(=O)CCc1ccc(-c2ccc(Cl)cc2NC=O)n1-c1ccc(C#N)cc1C. The molecule has 3 aromatic rings. The molecule has 0 unspecified atom stereocenters. The quantitative estimate of drug-likeness (QED) is 0.396. The van der Waals surface area contributed by atoms with E-state index in [1.54, 1.807) is 25.1 Å². The van der Waals surface area contributed by atoms with E-state index in [9.17, 15) is 14.9 Å². The number of nitriles is 1. The Morgan fingerprint density at radius 1 is 1.23 bits per heavy atom. The summed E-state index contributed by atoms with van der Waals surface area (Å²) in [6, 6.07) is 16.8. The monoisotopic (exact) mass is 435 g/mol. The average Bonchev–Trinajstić information content (AvgIpc) is 3.16. The Hall–Kier alpha value is -3.56. The standard InChI is InChI=1S/C24H22ClN3O3/c1-3-31-24(30)11-7-19-6-10-23(20-8-5-18(25)13-21(20)27-15-29)28(19)22-9-4-17(14-26)12-16(22)2/h4-6,8-10,12-13,15H,3,7,11H2,1-2H3,(H,27,29). The normalized spacial score (nSPS) is 10.4. The van der Waals surface area contributed by atoms with Crippen LogP contribution in [-0.4, -0.2) is 23.6 Å². The minimum Gasteiger partial charge on any atom is -0.466 e. The third kappa shape index (κ3) is 4.96. The van der Waals surface area contributed by atoms with Crippen LogP contribution in [0.5, 0.6) is 0 Å². The van der Waals surface area contributed by atoms with Crippen LogP contribution >= 0.6 is 11.6 Å². The zero-order chi connectivity index (χ0) is 22.4. The highest BCUT2D eigenvalue weighted by Crippen LogP contribution is 2.35. The molecule has 0 aliphatic carbocycles. The fourth-order valence-corrected chi connectivity index (χ4v) is 3.70. The summed E-state index contributed by atoms with van der Waals surface area (Å²) in [4.78, 5) is 23.1. The Morgan fingerprint density at radius 2 is 2.03 bits per heavy atom. The summed E-state index contributed by atoms with van der Waals surface area (Å²) in [7, 11) is 0. The van der Waals surface area contributed by atoms with Crippen molar-refractivity contribution in [3.63, 3.8) is 0 Å². The number of nitrogens with zero attached hydrogens (tertiary/aromatic N) is 2. The van der Waals surface area contributed by atoms with E-state index in [1.807, 2.05) is 41.8 Å². The van der Waals surface area contributed by atoms with Crippen molar-refractivity contribution in [3.8, 4) is 23.0 Å². The molecule has 0 spiro atoms. The van der Waals surface area contributed by atoms with Gasteiger partial charge in [0.1, 0.15) is 0 Å². The summed E-state index contributed by atoms with van der Waals surface area (Å²) in [6.07, 6.45) is 1.33. The second-order valence-electron chi connectivity index (χ2n) is 6.92. The Morgan fingerprint density at radius 3 is 2.71 bits per heavy atom. The first-order valence-corrected chi connectivity index (χ1v) is 10.2. The predicted octanol–water partition coefficient (Wildman–Crippen LogP) is 5.04. The molecule has 0 saturated heterocycles. The number of nitrogens with one attached hydrogen (secondary N) is 1. The number of carbonyl (C=O) groups excluding carboxylic acids is 2. The lowest BCUT2D eigenvalue weighted by molar-refractivity contribution is -0.143. The van der Waals surface area contributed by atoms with Crippen LogP contribution in [0.3, 0.4) is 0 Å². The van der Waals surface area contributed by atoms with Gasteiger partial charge in [-0.2, -0.15) is 5.26 Å². The second-order valence-corrected chi connectivity index (χ2v) is 7.35. The second kappa shape index (κ2) is 9.96. The molecule has 0 radical (unpaired) electrons. The number of esters is 1. The van der Waals surface area contributed by atoms with Crippen molar-refractivity contribution in [3.05, 3.63) is 70.4 Å². The maximum atomic E-state index is 11.9. The van der Waals surface area contributed by atoms with Crippen molar-refractivity contribution in [2.75, 3.05) is 11.9 Å². The summed E-state index contributed by atoms with van der Waals surface area (Å²) in [5.41, 5.74) is 5.44. The minimum atomic E-state index is -0.261. The number of rotatable bonds is 8. The minimum absolute atomic E-state index is 0.243. The van der Waals surface area contributed by atoms with Gasteiger partial charge in [-0.3, -0.25) is 9.59 Å². The fraction of sp³-hybridized carbons (Fsp3) is 0.208. The maximum absolute atomic E-state index is 11.9. The number of hydrogen-bond acceptors (Lipinski definition) is 4. The summed E-state index contributed by atoms with van der Waals surface area (Å²) < 4.78 is 7.11. The van der Waals surface area contributed by atoms with Crippen LogP contribution < -0.4 is 5.32 Å². The first kappa shape index (κ1) is 22.1. The number of anilines is 1. The van der Waals surface area contributed by atoms with Gasteiger partial charge in [0.2, 0.25) is 6.41 Å². The van der Waals surface area contributed by atoms with E-state index in [2.05, 4.69) is 11.4 Å². The zero-order valence-electron chi connectivity index (χ0n) is 17.3. The van der Waals surface area contributed by atoms with E-state index in [1.165, 1.54) is 0 Å². The lowest BCUT2D eigenvalue weighted by Crippen LogP contribution is -2.09. The average molecular weight is 436 g/mol. The fourth-order valence-electron chi connectivity index (χ4n) is 3.53. The highest BCUT2D eigenvalue weighted by Gasteiger charge is 2.18. The number of ether oxygens (including phenoxy) is 1. The van der Waals surface area contributed by atoms with Crippen LogP contribution in [0.1, 0.15) is 30.2 Å². The van der Waals surface area contributed by atoms with Crippen molar-refractivity contribution in [2.24, 2.45) is 0 Å². The van der Waals surface area contributed by atoms with Gasteiger partial charge in [-0.25, -0.2) is 0 Å². The molecule has 0 bridgehead atoms. The molecule has 7 heteroatoms. The van der Waals surface area contributed by atoms with E-state index >= 15 is 0 Å². The molecule has 1 amide bonds. The van der Waals surface area contributed by atoms with E-state index in [-0.39, 0.29) is 12.4 Å². The summed E-state index contributed by atoms with van der Waals surface area (Å²) >= 11 is 6.13. The van der Waals surface area contributed by atoms with Crippen LogP contribution in [0.4, 0.5) is 5.69 Å². The molecule has 158 valence electrons. The molecular formula is C24H22ClN3O3. The van der Waals surface area contributed by atoms with Crippen LogP contribution in [0.25, 0.3) is 16.9 Å². The van der Waals surface area contributed by atoms with E-state index in [4.69, 9.17) is 16.3 Å². The van der Waals surface area contributed by atoms with Crippen molar-refractivity contribution in [1.82, 2.24) is 4.57 Å². The molecule has 31 heavy (non-hydrogen) atoms. The summed E-state index contributed by atoms with van der Waals surface area (Å²) in [5, 5.41) is 12.4. The molecule has 0 fully saturated rings. The summed E-state index contributed by atoms with van der Waals surface area (Å²) in [6.45, 7) is 4.05. The Kier molecular flexibility index (Phi) is 7.11. The number of aryl methyl sites for hydroxylation is 2. The van der Waals surface area contributed by atoms with E-state index in [0.29, 0.717) is 35.7 Å². The molecule has 0 aliphatic rings. The maximum Gasteiger partial charge on any atom is 0.306 e. The molecule has 3 rings (SSSR count). The van der Waals surface area contributed by atoms with Gasteiger partial charge in [-0.05, 0) is 74.4 Å². The number of halogens is 1. The van der Waals surface area contributed by atoms with Crippen LogP contribution in [-0.2, 0) is 20.7 Å². The van der Waals surface area contributed by atoms with Gasteiger partial charge in [0.15, 0.2) is 0 Å². The third-order valence-corrected chi connectivity index (χ3v) is 5.13. The topological polar surface area (TPSA) is 84.1 Å². The van der Waals surface area contributed by atoms with Crippen molar-refractivity contribution < 1.29 is 14.3 Å². The largest absolute Gasteiger partial charge is 0.466 e. The van der Waals surface area contributed by atoms with Gasteiger partial charge in [-0.15, -0.1) is 0 Å². The van der Waals surface area contributed by atoms with Gasteiger partial charge in [0.25, 0.3) is 0 Å². The van der Waals surface area contributed by atoms with Crippen molar-refractivity contribution in [2.45, 2.75) is 26.7 Å². The van der Waals surface area contributed by atoms with Gasteiger partial charge in [0.05, 0.1) is 36.0 Å². The molecule has 0 saturated carbocycles. The third-order valence-electron chi connectivity index (χ3n) is 4.89. The lowest BCUT2D eigenvalue weighted by Gasteiger charge is -2.18. The highest BCUT2D eigenvalue weighted by atomic mass is 35.5. The molecule has 1 aromatic heterocycles. The predicted molar refractivity (Wildman–Crippen MR) is 120 cm³/mol. The first-order valence-electron chi connectivity index (χ1n) is 9.86. The van der Waals surface area contributed by atoms with Crippen LogP contribution in [0.2, 0.25) is 5.02 Å². The summed E-state index contributed by atoms with van der Waals surface area (Å²) in [5.74, 6) is -0.261. The van der Waals surface area contributed by atoms with Crippen molar-refractivity contribution >= 4 is 29.7 Å². The number of hydrogen-bond donors (Lipinski definition) is 1. The number of carbonyl (C=O) groups is 2.